The summed E-state index contributed by atoms with van der Waals surface area (Å²) in [5.74, 6) is 5.45. The summed E-state index contributed by atoms with van der Waals surface area (Å²) in [5.41, 5.74) is 6.23. The third kappa shape index (κ3) is 4.52. The quantitative estimate of drug-likeness (QED) is 0.364. The van der Waals surface area contributed by atoms with E-state index in [0.717, 1.165) is 10.8 Å². The Hall–Kier alpha value is -2.52. The van der Waals surface area contributed by atoms with Crippen molar-refractivity contribution in [3.63, 3.8) is 0 Å². The molecule has 25 heavy (non-hydrogen) atoms. The highest BCUT2D eigenvalue weighted by Crippen LogP contribution is 2.23. The Morgan fingerprint density at radius 3 is 2.72 bits per heavy atom. The summed E-state index contributed by atoms with van der Waals surface area (Å²) >= 11 is 3.38. The first-order chi connectivity index (χ1) is 11.8. The first-order valence-electron chi connectivity index (χ1n) is 7.52. The smallest absolute Gasteiger partial charge is 0.254 e. The van der Waals surface area contributed by atoms with E-state index < -0.39 is 5.91 Å². The van der Waals surface area contributed by atoms with Gasteiger partial charge in [-0.3, -0.25) is 9.80 Å². The minimum Gasteiger partial charge on any atom is -0.365 e. The number of amides is 1. The molecule has 0 aliphatic heterocycles. The van der Waals surface area contributed by atoms with Gasteiger partial charge in [-0.2, -0.15) is 4.98 Å². The molecule has 0 aliphatic rings. The number of primary amides is 1. The van der Waals surface area contributed by atoms with Gasteiger partial charge in [-0.05, 0) is 25.1 Å². The van der Waals surface area contributed by atoms with Crippen LogP contribution in [0.4, 0.5) is 17.5 Å². The monoisotopic (exact) mass is 406 g/mol. The van der Waals surface area contributed by atoms with Gasteiger partial charge in [0, 0.05) is 22.3 Å². The SMILES string of the molecule is CC(C=O)[C@@H](C)N(N)c1ncc(C(N)=O)c(Nc2cccc(Br)c2)n1. The number of carbonyl (C=O) groups is 2. The number of aldehydes is 1. The number of aromatic nitrogens is 2. The van der Waals surface area contributed by atoms with Crippen LogP contribution >= 0.6 is 15.9 Å². The predicted octanol–water partition coefficient (Wildman–Crippen LogP) is 1.99. The highest BCUT2D eigenvalue weighted by molar-refractivity contribution is 9.10. The molecule has 0 fully saturated rings. The predicted molar refractivity (Wildman–Crippen MR) is 99.3 cm³/mol. The van der Waals surface area contributed by atoms with E-state index in [0.29, 0.717) is 5.69 Å². The fourth-order valence-corrected chi connectivity index (χ4v) is 2.42. The highest BCUT2D eigenvalue weighted by atomic mass is 79.9. The number of benzene rings is 1. The van der Waals surface area contributed by atoms with Crippen LogP contribution in [0, 0.1) is 5.92 Å². The topological polar surface area (TPSA) is 127 Å². The number of nitrogens with two attached hydrogens (primary N) is 2. The second-order valence-electron chi connectivity index (χ2n) is 5.57. The summed E-state index contributed by atoms with van der Waals surface area (Å²) in [7, 11) is 0. The van der Waals surface area contributed by atoms with Gasteiger partial charge in [-0.25, -0.2) is 10.8 Å². The van der Waals surface area contributed by atoms with Crippen molar-refractivity contribution in [1.29, 1.82) is 0 Å². The average molecular weight is 407 g/mol. The van der Waals surface area contributed by atoms with Crippen molar-refractivity contribution < 1.29 is 9.59 Å². The number of hydrogen-bond acceptors (Lipinski definition) is 7. The van der Waals surface area contributed by atoms with Crippen molar-refractivity contribution in [2.75, 3.05) is 10.3 Å². The zero-order chi connectivity index (χ0) is 18.6. The molecule has 2 aromatic rings. The lowest BCUT2D eigenvalue weighted by Gasteiger charge is -2.26. The Bertz CT molecular complexity index is 785. The van der Waals surface area contributed by atoms with Crippen LogP contribution in [0.1, 0.15) is 24.2 Å². The highest BCUT2D eigenvalue weighted by Gasteiger charge is 2.21. The number of carbonyl (C=O) groups excluding carboxylic acids is 2. The normalized spacial score (nSPS) is 13.0. The van der Waals surface area contributed by atoms with Gasteiger partial charge in [-0.15, -0.1) is 0 Å². The van der Waals surface area contributed by atoms with Gasteiger partial charge in [0.05, 0.1) is 6.04 Å². The largest absolute Gasteiger partial charge is 0.365 e. The first-order valence-corrected chi connectivity index (χ1v) is 8.31. The summed E-state index contributed by atoms with van der Waals surface area (Å²) in [6.45, 7) is 3.53. The van der Waals surface area contributed by atoms with Crippen molar-refractivity contribution in [3.05, 3.63) is 40.5 Å². The standard InChI is InChI=1S/C16H19BrN6O2/c1-9(8-24)10(2)23(19)16-20-7-13(14(18)25)15(22-16)21-12-5-3-4-11(17)6-12/h3-10H,19H2,1-2H3,(H2,18,25)(H,20,21,22)/t9?,10-/m1/s1. The Balaban J connectivity index is 2.39. The molecule has 0 bridgehead atoms. The summed E-state index contributed by atoms with van der Waals surface area (Å²) in [6.07, 6.45) is 2.12. The summed E-state index contributed by atoms with van der Waals surface area (Å²) in [4.78, 5) is 31.0. The van der Waals surface area contributed by atoms with Gasteiger partial charge >= 0.3 is 0 Å². The van der Waals surface area contributed by atoms with Crippen LogP contribution in [-0.4, -0.2) is 28.2 Å². The fraction of sp³-hybridized carbons (Fsp3) is 0.250. The molecule has 0 saturated carbocycles. The molecular weight excluding hydrogens is 388 g/mol. The second kappa shape index (κ2) is 8.04. The van der Waals surface area contributed by atoms with E-state index in [1.807, 2.05) is 24.3 Å². The van der Waals surface area contributed by atoms with Crippen molar-refractivity contribution >= 4 is 45.6 Å². The van der Waals surface area contributed by atoms with E-state index in [2.05, 4.69) is 31.2 Å². The lowest BCUT2D eigenvalue weighted by molar-refractivity contribution is -0.111. The Labute approximate surface area is 153 Å². The van der Waals surface area contributed by atoms with Crippen LogP contribution in [0.15, 0.2) is 34.9 Å². The zero-order valence-corrected chi connectivity index (χ0v) is 15.4. The average Bonchev–Trinajstić information content (AvgIpc) is 2.59. The van der Waals surface area contributed by atoms with Gasteiger partial charge < -0.3 is 15.8 Å². The maximum Gasteiger partial charge on any atom is 0.254 e. The fourth-order valence-electron chi connectivity index (χ4n) is 2.02. The number of halogens is 1. The number of anilines is 3. The summed E-state index contributed by atoms with van der Waals surface area (Å²) < 4.78 is 0.862. The number of rotatable bonds is 7. The molecule has 1 aromatic carbocycles. The summed E-state index contributed by atoms with van der Waals surface area (Å²) in [6, 6.07) is 7.02. The van der Waals surface area contributed by atoms with Crippen LogP contribution in [0.25, 0.3) is 0 Å². The minimum absolute atomic E-state index is 0.133. The van der Waals surface area contributed by atoms with E-state index >= 15 is 0 Å². The molecule has 0 aliphatic carbocycles. The van der Waals surface area contributed by atoms with E-state index in [9.17, 15) is 9.59 Å². The molecule has 1 heterocycles. The molecule has 132 valence electrons. The molecule has 2 rings (SSSR count). The van der Waals surface area contributed by atoms with E-state index in [1.165, 1.54) is 11.2 Å². The lowest BCUT2D eigenvalue weighted by atomic mass is 10.1. The second-order valence-corrected chi connectivity index (χ2v) is 6.49. The molecule has 0 radical (unpaired) electrons. The van der Waals surface area contributed by atoms with Crippen molar-refractivity contribution in [1.82, 2.24) is 9.97 Å². The lowest BCUT2D eigenvalue weighted by Crippen LogP contribution is -2.44. The third-order valence-corrected chi connectivity index (χ3v) is 4.27. The van der Waals surface area contributed by atoms with E-state index in [4.69, 9.17) is 11.6 Å². The van der Waals surface area contributed by atoms with Crippen molar-refractivity contribution in [2.45, 2.75) is 19.9 Å². The van der Waals surface area contributed by atoms with Gasteiger partial charge in [0.2, 0.25) is 5.95 Å². The Morgan fingerprint density at radius 2 is 2.12 bits per heavy atom. The molecule has 0 saturated heterocycles. The van der Waals surface area contributed by atoms with Gasteiger partial charge in [0.1, 0.15) is 17.7 Å². The van der Waals surface area contributed by atoms with E-state index in [-0.39, 0.29) is 29.3 Å². The number of nitrogens with one attached hydrogen (secondary N) is 1. The van der Waals surface area contributed by atoms with Gasteiger partial charge in [0.15, 0.2) is 0 Å². The van der Waals surface area contributed by atoms with E-state index in [1.54, 1.807) is 13.8 Å². The minimum atomic E-state index is -0.665. The van der Waals surface area contributed by atoms with Crippen LogP contribution in [0.3, 0.4) is 0 Å². The molecule has 8 nitrogen and oxygen atoms in total. The maximum absolute atomic E-state index is 11.7. The molecular formula is C16H19BrN6O2. The zero-order valence-electron chi connectivity index (χ0n) is 13.8. The molecule has 1 amide bonds. The molecule has 9 heteroatoms. The first kappa shape index (κ1) is 18.8. The van der Waals surface area contributed by atoms with Gasteiger partial charge in [0.25, 0.3) is 5.91 Å². The Kier molecular flexibility index (Phi) is 6.05. The molecule has 2 atom stereocenters. The molecule has 5 N–H and O–H groups in total. The molecule has 1 aromatic heterocycles. The van der Waals surface area contributed by atoms with Crippen LogP contribution in [-0.2, 0) is 4.79 Å². The van der Waals surface area contributed by atoms with Crippen LogP contribution in [0.2, 0.25) is 0 Å². The van der Waals surface area contributed by atoms with Crippen molar-refractivity contribution in [2.24, 2.45) is 17.5 Å². The van der Waals surface area contributed by atoms with Crippen LogP contribution in [0.5, 0.6) is 0 Å². The van der Waals surface area contributed by atoms with Crippen LogP contribution < -0.4 is 21.9 Å². The van der Waals surface area contributed by atoms with Crippen molar-refractivity contribution in [3.8, 4) is 0 Å². The maximum atomic E-state index is 11.7. The Morgan fingerprint density at radius 1 is 1.40 bits per heavy atom. The molecule has 1 unspecified atom stereocenters. The number of hydrogen-bond donors (Lipinski definition) is 3. The number of nitrogens with zero attached hydrogens (tertiary/aromatic N) is 3. The number of hydrazine groups is 1. The summed E-state index contributed by atoms with van der Waals surface area (Å²) in [5, 5.41) is 4.33. The third-order valence-electron chi connectivity index (χ3n) is 3.77. The van der Waals surface area contributed by atoms with Gasteiger partial charge in [-0.1, -0.05) is 28.9 Å². The molecule has 0 spiro atoms.